The van der Waals surface area contributed by atoms with Crippen LogP contribution in [0.5, 0.6) is 5.75 Å². The minimum atomic E-state index is -0.451. The Morgan fingerprint density at radius 2 is 1.75 bits per heavy atom. The van der Waals surface area contributed by atoms with E-state index in [0.29, 0.717) is 24.3 Å². The van der Waals surface area contributed by atoms with Crippen LogP contribution in [0.3, 0.4) is 0 Å². The first-order valence-corrected chi connectivity index (χ1v) is 10.7. The van der Waals surface area contributed by atoms with E-state index in [1.165, 1.54) is 6.07 Å². The van der Waals surface area contributed by atoms with Gasteiger partial charge in [0.25, 0.3) is 11.6 Å². The van der Waals surface area contributed by atoms with Crippen molar-refractivity contribution in [3.05, 3.63) is 105 Å². The van der Waals surface area contributed by atoms with Gasteiger partial charge in [-0.15, -0.1) is 0 Å². The number of aryl methyl sites for hydroxylation is 1. The molecule has 0 fully saturated rings. The topological polar surface area (TPSA) is 72.7 Å². The summed E-state index contributed by atoms with van der Waals surface area (Å²) in [6.07, 6.45) is 0.768. The summed E-state index contributed by atoms with van der Waals surface area (Å²) in [7, 11) is 0. The SMILES string of the molecule is CCC(C)N(Cc1cccc(OCc2ccccc2)c1)C(=O)c1ccc(C)c([N+](=O)[O-])c1. The number of carbonyl (C=O) groups is 1. The van der Waals surface area contributed by atoms with Gasteiger partial charge in [0, 0.05) is 29.8 Å². The average Bonchev–Trinajstić information content (AvgIpc) is 2.81. The van der Waals surface area contributed by atoms with Crippen LogP contribution in [0.4, 0.5) is 5.69 Å². The predicted molar refractivity (Wildman–Crippen MR) is 125 cm³/mol. The van der Waals surface area contributed by atoms with Crippen molar-refractivity contribution in [2.75, 3.05) is 0 Å². The van der Waals surface area contributed by atoms with Gasteiger partial charge in [-0.2, -0.15) is 0 Å². The van der Waals surface area contributed by atoms with Crippen LogP contribution < -0.4 is 4.74 Å². The number of ether oxygens (including phenoxy) is 1. The Hall–Kier alpha value is -3.67. The third kappa shape index (κ3) is 5.72. The monoisotopic (exact) mass is 432 g/mol. The van der Waals surface area contributed by atoms with E-state index < -0.39 is 4.92 Å². The van der Waals surface area contributed by atoms with Crippen LogP contribution in [0, 0.1) is 17.0 Å². The second-order valence-electron chi connectivity index (χ2n) is 7.87. The smallest absolute Gasteiger partial charge is 0.273 e. The number of benzene rings is 3. The van der Waals surface area contributed by atoms with E-state index in [0.717, 1.165) is 23.3 Å². The lowest BCUT2D eigenvalue weighted by Gasteiger charge is -2.29. The van der Waals surface area contributed by atoms with Crippen molar-refractivity contribution in [1.82, 2.24) is 4.90 Å². The maximum absolute atomic E-state index is 13.3. The lowest BCUT2D eigenvalue weighted by molar-refractivity contribution is -0.385. The fourth-order valence-corrected chi connectivity index (χ4v) is 3.42. The molecule has 6 heteroatoms. The molecule has 1 atom stereocenters. The second kappa shape index (κ2) is 10.6. The molecular weight excluding hydrogens is 404 g/mol. The second-order valence-corrected chi connectivity index (χ2v) is 7.87. The van der Waals surface area contributed by atoms with Gasteiger partial charge in [-0.1, -0.05) is 55.5 Å². The Morgan fingerprint density at radius 3 is 2.44 bits per heavy atom. The van der Waals surface area contributed by atoms with E-state index in [1.807, 2.05) is 68.4 Å². The third-order valence-electron chi connectivity index (χ3n) is 5.54. The molecule has 0 saturated carbocycles. The van der Waals surface area contributed by atoms with Crippen molar-refractivity contribution in [1.29, 1.82) is 0 Å². The molecular formula is C26H28N2O4. The Morgan fingerprint density at radius 1 is 1.03 bits per heavy atom. The average molecular weight is 433 g/mol. The van der Waals surface area contributed by atoms with Crippen molar-refractivity contribution in [3.63, 3.8) is 0 Å². The molecule has 0 heterocycles. The van der Waals surface area contributed by atoms with Crippen molar-refractivity contribution in [2.24, 2.45) is 0 Å². The summed E-state index contributed by atoms with van der Waals surface area (Å²) in [5, 5.41) is 11.3. The summed E-state index contributed by atoms with van der Waals surface area (Å²) in [6, 6.07) is 22.2. The lowest BCUT2D eigenvalue weighted by Crippen LogP contribution is -2.37. The van der Waals surface area contributed by atoms with E-state index in [9.17, 15) is 14.9 Å². The van der Waals surface area contributed by atoms with Crippen LogP contribution in [0.2, 0.25) is 0 Å². The van der Waals surface area contributed by atoms with Gasteiger partial charge in [0.1, 0.15) is 12.4 Å². The molecule has 0 aliphatic carbocycles. The standard InChI is InChI=1S/C26H28N2O4/c1-4-20(3)27(26(29)23-14-13-19(2)25(16-23)28(30)31)17-22-11-8-12-24(15-22)32-18-21-9-6-5-7-10-21/h5-16,20H,4,17-18H2,1-3H3. The van der Waals surface area contributed by atoms with Gasteiger partial charge in [-0.3, -0.25) is 14.9 Å². The van der Waals surface area contributed by atoms with Crippen LogP contribution in [0.25, 0.3) is 0 Å². The van der Waals surface area contributed by atoms with Crippen LogP contribution in [-0.2, 0) is 13.2 Å². The summed E-state index contributed by atoms with van der Waals surface area (Å²) in [4.78, 5) is 25.9. The zero-order valence-electron chi connectivity index (χ0n) is 18.7. The molecule has 0 aliphatic heterocycles. The zero-order valence-corrected chi connectivity index (χ0v) is 18.7. The molecule has 0 bridgehead atoms. The lowest BCUT2D eigenvalue weighted by atomic mass is 10.1. The van der Waals surface area contributed by atoms with E-state index in [4.69, 9.17) is 4.74 Å². The molecule has 0 spiro atoms. The molecule has 1 unspecified atom stereocenters. The maximum Gasteiger partial charge on any atom is 0.273 e. The highest BCUT2D eigenvalue weighted by atomic mass is 16.6. The number of nitro benzene ring substituents is 1. The van der Waals surface area contributed by atoms with Crippen molar-refractivity contribution in [2.45, 2.75) is 46.4 Å². The molecule has 0 N–H and O–H groups in total. The first-order valence-electron chi connectivity index (χ1n) is 10.7. The molecule has 166 valence electrons. The highest BCUT2D eigenvalue weighted by Crippen LogP contribution is 2.23. The highest BCUT2D eigenvalue weighted by molar-refractivity contribution is 5.95. The molecule has 3 rings (SSSR count). The van der Waals surface area contributed by atoms with Crippen molar-refractivity contribution >= 4 is 11.6 Å². The van der Waals surface area contributed by atoms with Crippen LogP contribution in [0.15, 0.2) is 72.8 Å². The fourth-order valence-electron chi connectivity index (χ4n) is 3.42. The number of hydrogen-bond donors (Lipinski definition) is 0. The summed E-state index contributed by atoms with van der Waals surface area (Å²) >= 11 is 0. The van der Waals surface area contributed by atoms with E-state index in [1.54, 1.807) is 24.0 Å². The minimum absolute atomic E-state index is 0.0308. The molecule has 0 aromatic heterocycles. The van der Waals surface area contributed by atoms with E-state index in [-0.39, 0.29) is 17.6 Å². The molecule has 0 saturated heterocycles. The van der Waals surface area contributed by atoms with Gasteiger partial charge in [0.15, 0.2) is 0 Å². The summed E-state index contributed by atoms with van der Waals surface area (Å²) in [5.74, 6) is 0.506. The van der Waals surface area contributed by atoms with Gasteiger partial charge in [0.2, 0.25) is 0 Å². The summed E-state index contributed by atoms with van der Waals surface area (Å²) in [6.45, 7) is 6.52. The largest absolute Gasteiger partial charge is 0.489 e. The highest BCUT2D eigenvalue weighted by Gasteiger charge is 2.23. The Kier molecular flexibility index (Phi) is 7.60. The van der Waals surface area contributed by atoms with Gasteiger partial charge in [-0.25, -0.2) is 0 Å². The van der Waals surface area contributed by atoms with Gasteiger partial charge < -0.3 is 9.64 Å². The molecule has 3 aromatic carbocycles. The molecule has 0 radical (unpaired) electrons. The summed E-state index contributed by atoms with van der Waals surface area (Å²) < 4.78 is 5.92. The number of carbonyl (C=O) groups excluding carboxylic acids is 1. The number of rotatable bonds is 9. The molecule has 1 amide bonds. The van der Waals surface area contributed by atoms with E-state index in [2.05, 4.69) is 0 Å². The van der Waals surface area contributed by atoms with Gasteiger partial charge in [-0.05, 0) is 49.6 Å². The van der Waals surface area contributed by atoms with Crippen molar-refractivity contribution < 1.29 is 14.5 Å². The van der Waals surface area contributed by atoms with Crippen LogP contribution >= 0.6 is 0 Å². The maximum atomic E-state index is 13.3. The van der Waals surface area contributed by atoms with E-state index >= 15 is 0 Å². The molecule has 32 heavy (non-hydrogen) atoms. The zero-order chi connectivity index (χ0) is 23.1. The molecule has 3 aromatic rings. The third-order valence-corrected chi connectivity index (χ3v) is 5.54. The quantitative estimate of drug-likeness (QED) is 0.311. The molecule has 0 aliphatic rings. The number of nitro groups is 1. The number of hydrogen-bond acceptors (Lipinski definition) is 4. The fraction of sp³-hybridized carbons (Fsp3) is 0.269. The van der Waals surface area contributed by atoms with Gasteiger partial charge in [0.05, 0.1) is 4.92 Å². The first-order chi connectivity index (χ1) is 15.4. The molecule has 6 nitrogen and oxygen atoms in total. The first kappa shape index (κ1) is 23.0. The Labute approximate surface area is 188 Å². The van der Waals surface area contributed by atoms with Crippen LogP contribution in [0.1, 0.15) is 47.3 Å². The normalized spacial score (nSPS) is 11.6. The van der Waals surface area contributed by atoms with Crippen molar-refractivity contribution in [3.8, 4) is 5.75 Å². The number of nitrogens with zero attached hydrogens (tertiary/aromatic N) is 2. The Balaban J connectivity index is 1.79. The summed E-state index contributed by atoms with van der Waals surface area (Å²) in [5.41, 5.74) is 2.82. The minimum Gasteiger partial charge on any atom is -0.489 e. The predicted octanol–water partition coefficient (Wildman–Crippen LogP) is 5.92. The van der Waals surface area contributed by atoms with Crippen LogP contribution in [-0.4, -0.2) is 21.8 Å². The van der Waals surface area contributed by atoms with Gasteiger partial charge >= 0.3 is 0 Å². The number of amides is 1. The Bertz CT molecular complexity index is 1080.